The summed E-state index contributed by atoms with van der Waals surface area (Å²) in [7, 11) is 0. The molecule has 1 saturated heterocycles. The molecular weight excluding hydrogens is 340 g/mol. The zero-order valence-corrected chi connectivity index (χ0v) is 17.1. The lowest BCUT2D eigenvalue weighted by Gasteiger charge is -2.37. The Labute approximate surface area is 169 Å². The van der Waals surface area contributed by atoms with Crippen LogP contribution in [0.4, 0.5) is 5.69 Å². The van der Waals surface area contributed by atoms with Crippen LogP contribution in [-0.4, -0.2) is 13.1 Å². The van der Waals surface area contributed by atoms with Gasteiger partial charge in [-0.15, -0.1) is 0 Å². The van der Waals surface area contributed by atoms with Crippen molar-refractivity contribution < 1.29 is 0 Å². The van der Waals surface area contributed by atoms with Gasteiger partial charge in [0.2, 0.25) is 0 Å². The number of fused-ring (bicyclic) bond motifs is 5. The highest BCUT2D eigenvalue weighted by Gasteiger charge is 2.31. The topological polar surface area (TPSA) is 27.0 Å². The molecule has 2 heteroatoms. The molecule has 28 heavy (non-hydrogen) atoms. The first-order chi connectivity index (χ1) is 13.8. The predicted molar refractivity (Wildman–Crippen MR) is 116 cm³/mol. The van der Waals surface area contributed by atoms with Gasteiger partial charge in [0.25, 0.3) is 0 Å². The van der Waals surface area contributed by atoms with E-state index >= 15 is 0 Å². The van der Waals surface area contributed by atoms with E-state index < -0.39 is 0 Å². The Balaban J connectivity index is 1.78. The van der Waals surface area contributed by atoms with Gasteiger partial charge in [0.1, 0.15) is 6.07 Å². The summed E-state index contributed by atoms with van der Waals surface area (Å²) >= 11 is 0. The molecule has 2 aromatic carbocycles. The van der Waals surface area contributed by atoms with Crippen molar-refractivity contribution >= 4 is 5.69 Å². The van der Waals surface area contributed by atoms with Crippen molar-refractivity contribution in [3.63, 3.8) is 0 Å². The van der Waals surface area contributed by atoms with Gasteiger partial charge in [-0.1, -0.05) is 37.6 Å². The van der Waals surface area contributed by atoms with E-state index in [0.29, 0.717) is 0 Å². The van der Waals surface area contributed by atoms with Gasteiger partial charge < -0.3 is 4.90 Å². The molecule has 0 bridgehead atoms. The molecule has 3 aliphatic rings. The molecule has 5 rings (SSSR count). The second-order valence-electron chi connectivity index (χ2n) is 9.03. The lowest BCUT2D eigenvalue weighted by molar-refractivity contribution is 0.437. The maximum atomic E-state index is 10.3. The normalized spacial score (nSPS) is 19.2. The number of rotatable bonds is 1. The quantitative estimate of drug-likeness (QED) is 0.591. The Kier molecular flexibility index (Phi) is 4.63. The lowest BCUT2D eigenvalue weighted by atomic mass is 9.77. The van der Waals surface area contributed by atoms with Crippen LogP contribution in [0.1, 0.15) is 66.8 Å². The molecule has 0 saturated carbocycles. The third-order valence-corrected chi connectivity index (χ3v) is 7.29. The van der Waals surface area contributed by atoms with E-state index in [2.05, 4.69) is 42.2 Å². The molecule has 0 N–H and O–H groups in total. The molecule has 1 aliphatic heterocycles. The Bertz CT molecular complexity index is 942. The van der Waals surface area contributed by atoms with E-state index in [0.717, 1.165) is 50.3 Å². The van der Waals surface area contributed by atoms with Gasteiger partial charge in [0, 0.05) is 13.1 Å². The van der Waals surface area contributed by atoms with Crippen molar-refractivity contribution in [2.75, 3.05) is 18.0 Å². The molecule has 0 radical (unpaired) electrons. The largest absolute Gasteiger partial charge is 0.370 e. The number of anilines is 1. The summed E-state index contributed by atoms with van der Waals surface area (Å²) < 4.78 is 0. The van der Waals surface area contributed by atoms with Gasteiger partial charge in [-0.3, -0.25) is 0 Å². The molecule has 144 valence electrons. The van der Waals surface area contributed by atoms with Gasteiger partial charge in [-0.25, -0.2) is 0 Å². The molecule has 0 spiro atoms. The first kappa shape index (κ1) is 17.8. The monoisotopic (exact) mass is 370 g/mol. The van der Waals surface area contributed by atoms with Crippen molar-refractivity contribution in [2.45, 2.75) is 64.7 Å². The summed E-state index contributed by atoms with van der Waals surface area (Å²) in [6.07, 6.45) is 10.6. The minimum Gasteiger partial charge on any atom is -0.370 e. The molecule has 0 amide bonds. The number of aryl methyl sites for hydroxylation is 1. The maximum Gasteiger partial charge on any atom is 0.102 e. The van der Waals surface area contributed by atoms with Crippen LogP contribution in [0.2, 0.25) is 0 Å². The fourth-order valence-corrected chi connectivity index (χ4v) is 5.74. The van der Waals surface area contributed by atoms with Crippen LogP contribution in [0, 0.1) is 17.2 Å². The summed E-state index contributed by atoms with van der Waals surface area (Å²) in [4.78, 5) is 2.57. The molecule has 0 aromatic heterocycles. The summed E-state index contributed by atoms with van der Waals surface area (Å²) in [5.41, 5.74) is 11.1. The van der Waals surface area contributed by atoms with Crippen molar-refractivity contribution in [1.29, 1.82) is 5.26 Å². The number of nitrogens with zero attached hydrogens (tertiary/aromatic N) is 2. The first-order valence-electron chi connectivity index (χ1n) is 11.2. The molecule has 2 aliphatic carbocycles. The van der Waals surface area contributed by atoms with Crippen LogP contribution in [-0.2, 0) is 25.7 Å². The number of benzene rings is 2. The van der Waals surface area contributed by atoms with E-state index in [1.807, 2.05) is 0 Å². The summed E-state index contributed by atoms with van der Waals surface area (Å²) in [5.74, 6) is 0.805. The van der Waals surface area contributed by atoms with Crippen LogP contribution in [0.15, 0.2) is 24.3 Å². The van der Waals surface area contributed by atoms with Crippen LogP contribution in [0.3, 0.4) is 0 Å². The number of hydrogen-bond acceptors (Lipinski definition) is 2. The fraction of sp³-hybridized carbons (Fsp3) is 0.500. The minimum absolute atomic E-state index is 0.805. The van der Waals surface area contributed by atoms with Crippen LogP contribution >= 0.6 is 0 Å². The van der Waals surface area contributed by atoms with Crippen molar-refractivity contribution in [3.05, 3.63) is 52.1 Å². The lowest BCUT2D eigenvalue weighted by Crippen LogP contribution is -2.35. The van der Waals surface area contributed by atoms with Gasteiger partial charge in [0.15, 0.2) is 0 Å². The predicted octanol–water partition coefficient (Wildman–Crippen LogP) is 5.83. The third kappa shape index (κ3) is 2.84. The zero-order chi connectivity index (χ0) is 19.1. The molecule has 1 fully saturated rings. The standard InChI is InChI=1S/C26H30N2/c1-18-13-15-28(16-14-18)26-23-12-11-19-7-5-6-8-20(19)25(23)22-10-4-2-3-9-21(22)24(26)17-27/h5-8,18H,2-4,9-16H2,1H3. The minimum atomic E-state index is 0.805. The van der Waals surface area contributed by atoms with Gasteiger partial charge >= 0.3 is 0 Å². The summed E-state index contributed by atoms with van der Waals surface area (Å²) in [6.45, 7) is 4.57. The average Bonchev–Trinajstić information content (AvgIpc) is 2.99. The highest BCUT2D eigenvalue weighted by atomic mass is 15.1. The molecule has 0 atom stereocenters. The SMILES string of the molecule is CC1CCN(c2c(C#N)c3c(c4c2CCc2ccccc2-4)CCCCC3)CC1. The van der Waals surface area contributed by atoms with Gasteiger partial charge in [0.05, 0.1) is 11.3 Å². The highest BCUT2D eigenvalue weighted by Crippen LogP contribution is 2.47. The van der Waals surface area contributed by atoms with E-state index in [9.17, 15) is 5.26 Å². The van der Waals surface area contributed by atoms with Crippen LogP contribution in [0.25, 0.3) is 11.1 Å². The van der Waals surface area contributed by atoms with E-state index in [4.69, 9.17) is 0 Å². The van der Waals surface area contributed by atoms with Gasteiger partial charge in [-0.2, -0.15) is 5.26 Å². The Hall–Kier alpha value is -2.27. The maximum absolute atomic E-state index is 10.3. The van der Waals surface area contributed by atoms with E-state index in [-0.39, 0.29) is 0 Å². The van der Waals surface area contributed by atoms with Crippen molar-refractivity contribution in [2.24, 2.45) is 5.92 Å². The third-order valence-electron chi connectivity index (χ3n) is 7.29. The smallest absolute Gasteiger partial charge is 0.102 e. The molecule has 1 heterocycles. The van der Waals surface area contributed by atoms with Crippen LogP contribution in [0.5, 0.6) is 0 Å². The van der Waals surface area contributed by atoms with Gasteiger partial charge in [-0.05, 0) is 90.7 Å². The molecule has 2 nitrogen and oxygen atoms in total. The Morgan fingerprint density at radius 3 is 2.43 bits per heavy atom. The van der Waals surface area contributed by atoms with E-state index in [1.165, 1.54) is 71.2 Å². The highest BCUT2D eigenvalue weighted by molar-refractivity contribution is 5.86. The number of hydrogen-bond donors (Lipinski definition) is 0. The summed E-state index contributed by atoms with van der Waals surface area (Å²) in [6, 6.07) is 11.7. The van der Waals surface area contributed by atoms with Crippen LogP contribution < -0.4 is 4.90 Å². The van der Waals surface area contributed by atoms with Crippen molar-refractivity contribution in [3.8, 4) is 17.2 Å². The zero-order valence-electron chi connectivity index (χ0n) is 17.1. The average molecular weight is 371 g/mol. The van der Waals surface area contributed by atoms with E-state index in [1.54, 1.807) is 0 Å². The summed E-state index contributed by atoms with van der Waals surface area (Å²) in [5, 5.41) is 10.3. The molecule has 2 aromatic rings. The number of nitriles is 1. The molecular formula is C26H30N2. The second-order valence-corrected chi connectivity index (χ2v) is 9.03. The second kappa shape index (κ2) is 7.28. The first-order valence-corrected chi connectivity index (χ1v) is 11.2. The van der Waals surface area contributed by atoms with Crippen molar-refractivity contribution in [1.82, 2.24) is 0 Å². The fourth-order valence-electron chi connectivity index (χ4n) is 5.74. The number of piperidine rings is 1. The Morgan fingerprint density at radius 2 is 1.64 bits per heavy atom. The Morgan fingerprint density at radius 1 is 0.893 bits per heavy atom. The molecule has 0 unspecified atom stereocenters.